The number of hydrogen-bond donors (Lipinski definition) is 0. The second-order valence-electron chi connectivity index (χ2n) is 5.32. The molecule has 1 aliphatic rings. The summed E-state index contributed by atoms with van der Waals surface area (Å²) < 4.78 is 54.0. The minimum Gasteiger partial charge on any atom is -0.207 e. The van der Waals surface area contributed by atoms with Gasteiger partial charge >= 0.3 is 0 Å². The van der Waals surface area contributed by atoms with Crippen molar-refractivity contribution in [1.29, 1.82) is 0 Å². The molecule has 1 unspecified atom stereocenters. The third-order valence-electron chi connectivity index (χ3n) is 4.01. The van der Waals surface area contributed by atoms with Crippen LogP contribution in [0.3, 0.4) is 0 Å². The molecule has 6 heteroatoms. The van der Waals surface area contributed by atoms with Crippen LogP contribution in [-0.2, 0) is 16.4 Å². The number of fused-ring (bicyclic) bond motifs is 1. The predicted octanol–water partition coefficient (Wildman–Crippen LogP) is 3.27. The van der Waals surface area contributed by atoms with Crippen molar-refractivity contribution in [3.05, 3.63) is 65.2 Å². The topological polar surface area (TPSA) is 37.4 Å². The molecule has 0 saturated heterocycles. The zero-order valence-electron chi connectivity index (χ0n) is 12.0. The van der Waals surface area contributed by atoms with E-state index in [1.54, 1.807) is 13.0 Å². The van der Waals surface area contributed by atoms with Crippen molar-refractivity contribution in [2.24, 2.45) is 0 Å². The second kappa shape index (κ2) is 5.44. The zero-order valence-corrected chi connectivity index (χ0v) is 12.8. The molecule has 116 valence electrons. The highest BCUT2D eigenvalue weighted by Gasteiger charge is 2.35. The van der Waals surface area contributed by atoms with Gasteiger partial charge in [-0.2, -0.15) is 4.31 Å². The summed E-state index contributed by atoms with van der Waals surface area (Å²) in [5, 5.41) is 0. The Morgan fingerprint density at radius 1 is 1.14 bits per heavy atom. The maximum atomic E-state index is 13.9. The molecule has 0 radical (unpaired) electrons. The SMILES string of the molecule is CC1c2cc(F)ccc2CCN1S(=O)(=O)c1ccccc1F. The molecule has 0 saturated carbocycles. The third kappa shape index (κ3) is 2.42. The number of rotatable bonds is 2. The molecule has 0 aliphatic carbocycles. The molecule has 0 spiro atoms. The Kier molecular flexibility index (Phi) is 3.74. The molecule has 2 aromatic rings. The first-order valence-electron chi connectivity index (χ1n) is 6.96. The van der Waals surface area contributed by atoms with Crippen LogP contribution < -0.4 is 0 Å². The van der Waals surface area contributed by atoms with E-state index in [0.29, 0.717) is 12.0 Å². The smallest absolute Gasteiger partial charge is 0.207 e. The van der Waals surface area contributed by atoms with Gasteiger partial charge in [-0.15, -0.1) is 0 Å². The van der Waals surface area contributed by atoms with Gasteiger partial charge in [0.2, 0.25) is 10.0 Å². The first kappa shape index (κ1) is 15.1. The zero-order chi connectivity index (χ0) is 15.9. The van der Waals surface area contributed by atoms with Gasteiger partial charge in [0.1, 0.15) is 16.5 Å². The number of nitrogens with zero attached hydrogens (tertiary/aromatic N) is 1. The van der Waals surface area contributed by atoms with Crippen LogP contribution in [0.1, 0.15) is 24.1 Å². The Bertz CT molecular complexity index is 821. The van der Waals surface area contributed by atoms with E-state index in [1.807, 2.05) is 0 Å². The van der Waals surface area contributed by atoms with Gasteiger partial charge in [0.05, 0.1) is 0 Å². The van der Waals surface area contributed by atoms with Gasteiger partial charge in [-0.05, 0) is 48.7 Å². The molecule has 3 rings (SSSR count). The van der Waals surface area contributed by atoms with Crippen LogP contribution in [0.2, 0.25) is 0 Å². The van der Waals surface area contributed by atoms with E-state index in [9.17, 15) is 17.2 Å². The fraction of sp³-hybridized carbons (Fsp3) is 0.250. The predicted molar refractivity (Wildman–Crippen MR) is 78.8 cm³/mol. The van der Waals surface area contributed by atoms with E-state index in [-0.39, 0.29) is 11.4 Å². The van der Waals surface area contributed by atoms with Crippen LogP contribution >= 0.6 is 0 Å². The average molecular weight is 323 g/mol. The monoisotopic (exact) mass is 323 g/mol. The number of hydrogen-bond acceptors (Lipinski definition) is 2. The Morgan fingerprint density at radius 2 is 1.86 bits per heavy atom. The molecule has 0 amide bonds. The summed E-state index contributed by atoms with van der Waals surface area (Å²) in [7, 11) is -3.96. The quantitative estimate of drug-likeness (QED) is 0.850. The Balaban J connectivity index is 2.05. The van der Waals surface area contributed by atoms with Crippen LogP contribution in [0.5, 0.6) is 0 Å². The van der Waals surface area contributed by atoms with Crippen molar-refractivity contribution in [2.45, 2.75) is 24.3 Å². The lowest BCUT2D eigenvalue weighted by Gasteiger charge is -2.34. The van der Waals surface area contributed by atoms with Crippen molar-refractivity contribution in [1.82, 2.24) is 4.31 Å². The standard InChI is InChI=1S/C16H15F2NO2S/c1-11-14-10-13(17)7-6-12(14)8-9-19(11)22(20,21)16-5-3-2-4-15(16)18/h2-7,10-11H,8-9H2,1H3. The molecule has 2 aromatic carbocycles. The molecule has 0 bridgehead atoms. The molecule has 0 fully saturated rings. The maximum Gasteiger partial charge on any atom is 0.246 e. The highest BCUT2D eigenvalue weighted by Crippen LogP contribution is 2.34. The van der Waals surface area contributed by atoms with Gasteiger partial charge in [0.25, 0.3) is 0 Å². The molecule has 0 aromatic heterocycles. The van der Waals surface area contributed by atoms with Crippen molar-refractivity contribution in [2.75, 3.05) is 6.54 Å². The number of halogens is 2. The van der Waals surface area contributed by atoms with E-state index < -0.39 is 27.7 Å². The summed E-state index contributed by atoms with van der Waals surface area (Å²) in [6, 6.07) is 9.15. The van der Waals surface area contributed by atoms with Gasteiger partial charge in [-0.1, -0.05) is 18.2 Å². The third-order valence-corrected chi connectivity index (χ3v) is 6.02. The minimum atomic E-state index is -3.96. The number of benzene rings is 2. The van der Waals surface area contributed by atoms with Crippen LogP contribution in [0.25, 0.3) is 0 Å². The first-order valence-corrected chi connectivity index (χ1v) is 8.40. The van der Waals surface area contributed by atoms with Crippen LogP contribution in [0, 0.1) is 11.6 Å². The lowest BCUT2D eigenvalue weighted by molar-refractivity contribution is 0.324. The molecule has 3 nitrogen and oxygen atoms in total. The summed E-state index contributed by atoms with van der Waals surface area (Å²) in [6.45, 7) is 1.94. The van der Waals surface area contributed by atoms with Crippen molar-refractivity contribution >= 4 is 10.0 Å². The van der Waals surface area contributed by atoms with E-state index in [0.717, 1.165) is 11.6 Å². The molecule has 1 heterocycles. The van der Waals surface area contributed by atoms with Gasteiger partial charge in [0.15, 0.2) is 0 Å². The van der Waals surface area contributed by atoms with E-state index in [1.165, 1.54) is 34.6 Å². The molecular weight excluding hydrogens is 308 g/mol. The molecule has 22 heavy (non-hydrogen) atoms. The molecule has 1 atom stereocenters. The average Bonchev–Trinajstić information content (AvgIpc) is 2.48. The Hall–Kier alpha value is -1.79. The second-order valence-corrected chi connectivity index (χ2v) is 7.17. The normalized spacial score (nSPS) is 19.0. The summed E-state index contributed by atoms with van der Waals surface area (Å²) >= 11 is 0. The van der Waals surface area contributed by atoms with Crippen LogP contribution in [0.4, 0.5) is 8.78 Å². The van der Waals surface area contributed by atoms with Crippen molar-refractivity contribution < 1.29 is 17.2 Å². The van der Waals surface area contributed by atoms with Crippen molar-refractivity contribution in [3.8, 4) is 0 Å². The van der Waals surface area contributed by atoms with Gasteiger partial charge in [-0.25, -0.2) is 17.2 Å². The van der Waals surface area contributed by atoms with Gasteiger partial charge in [-0.3, -0.25) is 0 Å². The molecular formula is C16H15F2NO2S. The first-order chi connectivity index (χ1) is 10.4. The summed E-state index contributed by atoms with van der Waals surface area (Å²) in [4.78, 5) is -0.346. The van der Waals surface area contributed by atoms with E-state index >= 15 is 0 Å². The minimum absolute atomic E-state index is 0.246. The summed E-state index contributed by atoms with van der Waals surface area (Å²) in [5.74, 6) is -1.18. The molecule has 0 N–H and O–H groups in total. The van der Waals surface area contributed by atoms with Crippen LogP contribution in [-0.4, -0.2) is 19.3 Å². The lowest BCUT2D eigenvalue weighted by Crippen LogP contribution is -2.39. The Labute approximate surface area is 128 Å². The summed E-state index contributed by atoms with van der Waals surface area (Å²) in [6.07, 6.45) is 0.480. The molecule has 1 aliphatic heterocycles. The highest BCUT2D eigenvalue weighted by molar-refractivity contribution is 7.89. The van der Waals surface area contributed by atoms with Crippen molar-refractivity contribution in [3.63, 3.8) is 0 Å². The maximum absolute atomic E-state index is 13.9. The lowest BCUT2D eigenvalue weighted by atomic mass is 9.95. The van der Waals surface area contributed by atoms with Gasteiger partial charge < -0.3 is 0 Å². The van der Waals surface area contributed by atoms with E-state index in [4.69, 9.17) is 0 Å². The Morgan fingerprint density at radius 3 is 2.59 bits per heavy atom. The fourth-order valence-corrected chi connectivity index (χ4v) is 4.55. The fourth-order valence-electron chi connectivity index (χ4n) is 2.87. The summed E-state index contributed by atoms with van der Waals surface area (Å²) in [5.41, 5.74) is 1.56. The highest BCUT2D eigenvalue weighted by atomic mass is 32.2. The van der Waals surface area contributed by atoms with Crippen LogP contribution in [0.15, 0.2) is 47.4 Å². The van der Waals surface area contributed by atoms with Gasteiger partial charge in [0, 0.05) is 12.6 Å². The largest absolute Gasteiger partial charge is 0.246 e. The van der Waals surface area contributed by atoms with E-state index in [2.05, 4.69) is 0 Å². The number of sulfonamides is 1.